The number of nitrogens with one attached hydrogen (secondary N) is 2. The average molecular weight is 261 g/mol. The third-order valence-corrected chi connectivity index (χ3v) is 4.06. The second kappa shape index (κ2) is 6.15. The van der Waals surface area contributed by atoms with Gasteiger partial charge in [0.1, 0.15) is 0 Å². The first-order valence-corrected chi connectivity index (χ1v) is 7.07. The first kappa shape index (κ1) is 14.0. The summed E-state index contributed by atoms with van der Waals surface area (Å²) >= 11 is 0. The number of aromatic nitrogens is 1. The quantitative estimate of drug-likeness (QED) is 0.869. The van der Waals surface area contributed by atoms with E-state index in [-0.39, 0.29) is 11.3 Å². The fourth-order valence-corrected chi connectivity index (χ4v) is 2.60. The molecular weight excluding hydrogens is 238 g/mol. The van der Waals surface area contributed by atoms with Gasteiger partial charge in [0.2, 0.25) is 5.91 Å². The maximum absolute atomic E-state index is 12.4. The molecule has 0 aromatic carbocycles. The van der Waals surface area contributed by atoms with Crippen LogP contribution < -0.4 is 10.6 Å². The van der Waals surface area contributed by atoms with Crippen LogP contribution in [0.1, 0.15) is 37.4 Å². The highest BCUT2D eigenvalue weighted by atomic mass is 16.2. The Kier molecular flexibility index (Phi) is 4.53. The van der Waals surface area contributed by atoms with Crippen molar-refractivity contribution in [3.63, 3.8) is 0 Å². The molecule has 1 unspecified atom stereocenters. The highest BCUT2D eigenvalue weighted by molar-refractivity contribution is 5.83. The topological polar surface area (TPSA) is 54.0 Å². The molecule has 0 bridgehead atoms. The molecule has 1 atom stereocenters. The van der Waals surface area contributed by atoms with Gasteiger partial charge in [-0.15, -0.1) is 0 Å². The molecule has 0 spiro atoms. The summed E-state index contributed by atoms with van der Waals surface area (Å²) in [4.78, 5) is 16.7. The number of hydrogen-bond donors (Lipinski definition) is 2. The molecule has 1 saturated heterocycles. The summed E-state index contributed by atoms with van der Waals surface area (Å²) in [5.74, 6) is 0.169. The maximum atomic E-state index is 12.4. The highest BCUT2D eigenvalue weighted by Crippen LogP contribution is 2.30. The van der Waals surface area contributed by atoms with Gasteiger partial charge in [0.25, 0.3) is 0 Å². The lowest BCUT2D eigenvalue weighted by Crippen LogP contribution is -2.50. The average Bonchev–Trinajstić information content (AvgIpc) is 2.47. The molecule has 1 fully saturated rings. The van der Waals surface area contributed by atoms with Gasteiger partial charge in [-0.1, -0.05) is 13.0 Å². The Morgan fingerprint density at radius 2 is 2.37 bits per heavy atom. The number of piperidine rings is 1. The van der Waals surface area contributed by atoms with E-state index in [0.717, 1.165) is 43.6 Å². The Bertz CT molecular complexity index is 422. The molecule has 1 aliphatic heterocycles. The third kappa shape index (κ3) is 3.32. The molecule has 1 aromatic rings. The fourth-order valence-electron chi connectivity index (χ4n) is 2.60. The number of carbonyl (C=O) groups is 1. The predicted molar refractivity (Wildman–Crippen MR) is 75.6 cm³/mol. The lowest BCUT2D eigenvalue weighted by molar-refractivity contribution is -0.132. The lowest BCUT2D eigenvalue weighted by Gasteiger charge is -2.35. The van der Waals surface area contributed by atoms with E-state index in [4.69, 9.17) is 0 Å². The van der Waals surface area contributed by atoms with Crippen molar-refractivity contribution in [1.29, 1.82) is 0 Å². The summed E-state index contributed by atoms with van der Waals surface area (Å²) in [6, 6.07) is 3.99. The number of hydrogen-bond acceptors (Lipinski definition) is 3. The van der Waals surface area contributed by atoms with Crippen LogP contribution in [0, 0.1) is 12.3 Å². The van der Waals surface area contributed by atoms with E-state index in [9.17, 15) is 4.79 Å². The molecule has 1 aromatic heterocycles. The van der Waals surface area contributed by atoms with Crippen molar-refractivity contribution in [3.05, 3.63) is 29.6 Å². The van der Waals surface area contributed by atoms with Crippen LogP contribution in [-0.4, -0.2) is 24.0 Å². The summed E-state index contributed by atoms with van der Waals surface area (Å²) in [5.41, 5.74) is 1.82. The number of aryl methyl sites for hydroxylation is 1. The molecule has 2 heterocycles. The van der Waals surface area contributed by atoms with Gasteiger partial charge in [0.05, 0.1) is 5.41 Å². The summed E-state index contributed by atoms with van der Waals surface area (Å²) in [7, 11) is 0. The predicted octanol–water partition coefficient (Wildman–Crippen LogP) is 1.79. The van der Waals surface area contributed by atoms with Gasteiger partial charge in [-0.3, -0.25) is 9.78 Å². The molecule has 4 nitrogen and oxygen atoms in total. The van der Waals surface area contributed by atoms with Crippen molar-refractivity contribution in [2.45, 2.75) is 39.7 Å². The van der Waals surface area contributed by atoms with E-state index in [1.54, 1.807) is 0 Å². The van der Waals surface area contributed by atoms with Crippen molar-refractivity contribution < 1.29 is 4.79 Å². The van der Waals surface area contributed by atoms with Crippen LogP contribution >= 0.6 is 0 Å². The Hall–Kier alpha value is -1.42. The second-order valence-electron chi connectivity index (χ2n) is 5.40. The molecule has 0 saturated carbocycles. The van der Waals surface area contributed by atoms with Crippen molar-refractivity contribution in [1.82, 2.24) is 15.6 Å². The van der Waals surface area contributed by atoms with Gasteiger partial charge in [-0.2, -0.15) is 0 Å². The van der Waals surface area contributed by atoms with Gasteiger partial charge < -0.3 is 10.6 Å². The first-order valence-electron chi connectivity index (χ1n) is 7.07. The van der Waals surface area contributed by atoms with Gasteiger partial charge in [0, 0.05) is 25.0 Å². The zero-order chi connectivity index (χ0) is 13.7. The molecule has 104 valence electrons. The second-order valence-corrected chi connectivity index (χ2v) is 5.40. The summed E-state index contributed by atoms with van der Waals surface area (Å²) in [6.07, 6.45) is 4.77. The van der Waals surface area contributed by atoms with E-state index in [0.29, 0.717) is 6.54 Å². The van der Waals surface area contributed by atoms with Crippen LogP contribution in [0.25, 0.3) is 0 Å². The van der Waals surface area contributed by atoms with Gasteiger partial charge in [-0.25, -0.2) is 0 Å². The van der Waals surface area contributed by atoms with Gasteiger partial charge in [-0.05, 0) is 44.4 Å². The van der Waals surface area contributed by atoms with Gasteiger partial charge in [0.15, 0.2) is 0 Å². The number of rotatable bonds is 4. The molecule has 2 rings (SSSR count). The van der Waals surface area contributed by atoms with Crippen LogP contribution in [0.3, 0.4) is 0 Å². The monoisotopic (exact) mass is 261 g/mol. The minimum Gasteiger partial charge on any atom is -0.351 e. The van der Waals surface area contributed by atoms with Crippen LogP contribution in [0.4, 0.5) is 0 Å². The molecular formula is C15H23N3O. The highest BCUT2D eigenvalue weighted by Gasteiger charge is 2.37. The van der Waals surface area contributed by atoms with Crippen molar-refractivity contribution in [2.24, 2.45) is 5.41 Å². The Morgan fingerprint density at radius 1 is 1.53 bits per heavy atom. The van der Waals surface area contributed by atoms with Crippen LogP contribution in [-0.2, 0) is 11.3 Å². The molecule has 19 heavy (non-hydrogen) atoms. The van der Waals surface area contributed by atoms with E-state index >= 15 is 0 Å². The molecule has 4 heteroatoms. The minimum absolute atomic E-state index is 0.169. The third-order valence-electron chi connectivity index (χ3n) is 4.06. The number of amides is 1. The van der Waals surface area contributed by atoms with E-state index < -0.39 is 0 Å². The van der Waals surface area contributed by atoms with E-state index in [2.05, 4.69) is 22.5 Å². The largest absolute Gasteiger partial charge is 0.351 e. The van der Waals surface area contributed by atoms with Crippen molar-refractivity contribution in [3.8, 4) is 0 Å². The Balaban J connectivity index is 1.94. The Morgan fingerprint density at radius 3 is 2.95 bits per heavy atom. The van der Waals surface area contributed by atoms with E-state index in [1.165, 1.54) is 0 Å². The zero-order valence-electron chi connectivity index (χ0n) is 11.8. The number of carbonyl (C=O) groups excluding carboxylic acids is 1. The number of nitrogens with zero attached hydrogens (tertiary/aromatic N) is 1. The van der Waals surface area contributed by atoms with Crippen LogP contribution in [0.5, 0.6) is 0 Å². The normalized spacial score (nSPS) is 23.1. The van der Waals surface area contributed by atoms with Crippen molar-refractivity contribution in [2.75, 3.05) is 13.1 Å². The smallest absolute Gasteiger partial charge is 0.227 e. The summed E-state index contributed by atoms with van der Waals surface area (Å²) in [6.45, 7) is 6.44. The summed E-state index contributed by atoms with van der Waals surface area (Å²) < 4.78 is 0. The van der Waals surface area contributed by atoms with Crippen molar-refractivity contribution >= 4 is 5.91 Å². The molecule has 1 aliphatic rings. The van der Waals surface area contributed by atoms with Crippen LogP contribution in [0.15, 0.2) is 18.3 Å². The van der Waals surface area contributed by atoms with E-state index in [1.807, 2.05) is 25.3 Å². The zero-order valence-corrected chi connectivity index (χ0v) is 11.8. The molecule has 0 aliphatic carbocycles. The lowest BCUT2D eigenvalue weighted by atomic mass is 9.77. The molecule has 0 radical (unpaired) electrons. The fraction of sp³-hybridized carbons (Fsp3) is 0.600. The number of pyridine rings is 1. The van der Waals surface area contributed by atoms with Crippen LogP contribution in [0.2, 0.25) is 0 Å². The minimum atomic E-state index is -0.226. The summed E-state index contributed by atoms with van der Waals surface area (Å²) in [5, 5.41) is 6.40. The SMILES string of the molecule is CCC1(C(=O)NCc2ccc(C)nc2)CCCNC1. The van der Waals surface area contributed by atoms with Gasteiger partial charge >= 0.3 is 0 Å². The molecule has 2 N–H and O–H groups in total. The first-order chi connectivity index (χ1) is 9.16. The maximum Gasteiger partial charge on any atom is 0.227 e. The molecule has 1 amide bonds. The Labute approximate surface area is 115 Å². The standard InChI is InChI=1S/C15H23N3O/c1-3-15(7-4-8-16-11-15)14(19)18-10-13-6-5-12(2)17-9-13/h5-6,9,16H,3-4,7-8,10-11H2,1-2H3,(H,18,19).